The summed E-state index contributed by atoms with van der Waals surface area (Å²) in [6.07, 6.45) is 1.38. The van der Waals surface area contributed by atoms with E-state index in [2.05, 4.69) is 0 Å². The molecule has 0 radical (unpaired) electrons. The molecule has 2 aliphatic rings. The summed E-state index contributed by atoms with van der Waals surface area (Å²) < 4.78 is 28.6. The first kappa shape index (κ1) is 21.1. The van der Waals surface area contributed by atoms with E-state index in [-0.39, 0.29) is 12.7 Å². The van der Waals surface area contributed by atoms with Crippen LogP contribution in [-0.2, 0) is 25.4 Å². The Labute approximate surface area is 182 Å². The van der Waals surface area contributed by atoms with E-state index in [0.717, 1.165) is 5.56 Å². The third-order valence-corrected chi connectivity index (χ3v) is 5.55. The fraction of sp³-hybridized carbons (Fsp3) is 0.375. The molecular formula is C24H27NO6. The Morgan fingerprint density at radius 1 is 1.06 bits per heavy atom. The molecule has 164 valence electrons. The quantitative estimate of drug-likeness (QED) is 0.672. The summed E-state index contributed by atoms with van der Waals surface area (Å²) >= 11 is 0. The molecule has 2 aromatic rings. The minimum Gasteiger partial charge on any atom is -0.496 e. The Bertz CT molecular complexity index is 949. The second-order valence-corrected chi connectivity index (χ2v) is 7.92. The van der Waals surface area contributed by atoms with Crippen LogP contribution in [0.25, 0.3) is 0 Å². The SMILES string of the molecule is COc1cccc(OC)c1C1OC(C)(C)C(=O)N1C(Cc1ccccc1)C1=COCO1. The van der Waals surface area contributed by atoms with Gasteiger partial charge in [-0.2, -0.15) is 0 Å². The molecule has 1 fully saturated rings. The fourth-order valence-electron chi connectivity index (χ4n) is 4.03. The second kappa shape index (κ2) is 8.51. The van der Waals surface area contributed by atoms with Crippen molar-refractivity contribution in [3.05, 3.63) is 71.7 Å². The Kier molecular flexibility index (Phi) is 5.78. The van der Waals surface area contributed by atoms with E-state index in [9.17, 15) is 4.79 Å². The molecule has 7 heteroatoms. The number of amides is 1. The predicted octanol–water partition coefficient (Wildman–Crippen LogP) is 3.80. The predicted molar refractivity (Wildman–Crippen MR) is 113 cm³/mol. The number of carbonyl (C=O) groups excluding carboxylic acids is 1. The molecule has 0 bridgehead atoms. The van der Waals surface area contributed by atoms with Gasteiger partial charge in [0.2, 0.25) is 6.79 Å². The fourth-order valence-corrected chi connectivity index (χ4v) is 4.03. The van der Waals surface area contributed by atoms with Crippen LogP contribution < -0.4 is 9.47 Å². The summed E-state index contributed by atoms with van der Waals surface area (Å²) in [5.41, 5.74) is 0.682. The topological polar surface area (TPSA) is 66.5 Å². The molecule has 0 N–H and O–H groups in total. The molecule has 2 aliphatic heterocycles. The number of benzene rings is 2. The van der Waals surface area contributed by atoms with Crippen molar-refractivity contribution in [3.63, 3.8) is 0 Å². The lowest BCUT2D eigenvalue weighted by molar-refractivity contribution is -0.136. The van der Waals surface area contributed by atoms with Crippen LogP contribution in [0.15, 0.2) is 60.6 Å². The third kappa shape index (κ3) is 3.93. The number of ether oxygens (including phenoxy) is 5. The molecule has 7 nitrogen and oxygen atoms in total. The summed E-state index contributed by atoms with van der Waals surface area (Å²) in [5.74, 6) is 1.59. The van der Waals surface area contributed by atoms with Gasteiger partial charge >= 0.3 is 0 Å². The van der Waals surface area contributed by atoms with E-state index in [1.807, 2.05) is 48.5 Å². The van der Waals surface area contributed by atoms with Gasteiger partial charge in [-0.15, -0.1) is 0 Å². The first-order valence-electron chi connectivity index (χ1n) is 10.2. The van der Waals surface area contributed by atoms with Gasteiger partial charge < -0.3 is 23.7 Å². The molecule has 2 unspecified atom stereocenters. The lowest BCUT2D eigenvalue weighted by Gasteiger charge is -2.33. The van der Waals surface area contributed by atoms with Gasteiger partial charge in [0.05, 0.1) is 25.8 Å². The van der Waals surface area contributed by atoms with E-state index in [1.165, 1.54) is 0 Å². The van der Waals surface area contributed by atoms with Crippen molar-refractivity contribution in [1.82, 2.24) is 4.90 Å². The van der Waals surface area contributed by atoms with Crippen LogP contribution >= 0.6 is 0 Å². The van der Waals surface area contributed by atoms with Crippen molar-refractivity contribution in [2.45, 2.75) is 38.1 Å². The van der Waals surface area contributed by atoms with E-state index >= 15 is 0 Å². The molecule has 0 spiro atoms. The second-order valence-electron chi connectivity index (χ2n) is 7.92. The average Bonchev–Trinajstić information content (AvgIpc) is 3.39. The molecule has 31 heavy (non-hydrogen) atoms. The summed E-state index contributed by atoms with van der Waals surface area (Å²) in [7, 11) is 3.17. The Morgan fingerprint density at radius 2 is 1.74 bits per heavy atom. The van der Waals surface area contributed by atoms with Crippen LogP contribution in [0.3, 0.4) is 0 Å². The van der Waals surface area contributed by atoms with Crippen molar-refractivity contribution in [2.75, 3.05) is 21.0 Å². The minimum atomic E-state index is -1.04. The van der Waals surface area contributed by atoms with Crippen molar-refractivity contribution in [1.29, 1.82) is 0 Å². The first-order chi connectivity index (χ1) is 15.0. The third-order valence-electron chi connectivity index (χ3n) is 5.55. The maximum atomic E-state index is 13.6. The zero-order valence-electron chi connectivity index (χ0n) is 18.2. The van der Waals surface area contributed by atoms with Crippen LogP contribution in [0.2, 0.25) is 0 Å². The Hall–Kier alpha value is -3.19. The van der Waals surface area contributed by atoms with Crippen LogP contribution in [0.5, 0.6) is 11.5 Å². The monoisotopic (exact) mass is 425 g/mol. The van der Waals surface area contributed by atoms with Gasteiger partial charge in [0.25, 0.3) is 5.91 Å². The average molecular weight is 425 g/mol. The Balaban J connectivity index is 1.83. The van der Waals surface area contributed by atoms with Gasteiger partial charge in [-0.3, -0.25) is 9.69 Å². The minimum absolute atomic E-state index is 0.121. The van der Waals surface area contributed by atoms with E-state index in [0.29, 0.717) is 29.2 Å². The molecule has 2 aromatic carbocycles. The molecular weight excluding hydrogens is 398 g/mol. The van der Waals surface area contributed by atoms with Crippen LogP contribution in [-0.4, -0.2) is 43.5 Å². The molecule has 4 rings (SSSR count). The summed E-state index contributed by atoms with van der Waals surface area (Å²) in [4.78, 5) is 15.3. The maximum Gasteiger partial charge on any atom is 0.257 e. The lowest BCUT2D eigenvalue weighted by atomic mass is 10.00. The first-order valence-corrected chi connectivity index (χ1v) is 10.2. The van der Waals surface area contributed by atoms with Crippen molar-refractivity contribution < 1.29 is 28.5 Å². The lowest BCUT2D eigenvalue weighted by Crippen LogP contribution is -2.44. The van der Waals surface area contributed by atoms with Gasteiger partial charge in [0.1, 0.15) is 23.4 Å². The van der Waals surface area contributed by atoms with Gasteiger partial charge in [-0.05, 0) is 31.5 Å². The van der Waals surface area contributed by atoms with Crippen LogP contribution in [0.4, 0.5) is 0 Å². The van der Waals surface area contributed by atoms with E-state index < -0.39 is 17.9 Å². The van der Waals surface area contributed by atoms with Gasteiger partial charge in [0.15, 0.2) is 12.0 Å². The maximum absolute atomic E-state index is 13.6. The highest BCUT2D eigenvalue weighted by molar-refractivity contribution is 5.87. The molecule has 2 atom stereocenters. The molecule has 0 saturated carbocycles. The Morgan fingerprint density at radius 3 is 2.32 bits per heavy atom. The number of hydrogen-bond acceptors (Lipinski definition) is 6. The molecule has 0 aromatic heterocycles. The van der Waals surface area contributed by atoms with Gasteiger partial charge in [-0.1, -0.05) is 36.4 Å². The van der Waals surface area contributed by atoms with Crippen molar-refractivity contribution >= 4 is 5.91 Å². The van der Waals surface area contributed by atoms with Gasteiger partial charge in [-0.25, -0.2) is 0 Å². The summed E-state index contributed by atoms with van der Waals surface area (Å²) in [5, 5.41) is 0. The molecule has 1 amide bonds. The molecule has 1 saturated heterocycles. The van der Waals surface area contributed by atoms with E-state index in [4.69, 9.17) is 23.7 Å². The molecule has 2 heterocycles. The summed E-state index contributed by atoms with van der Waals surface area (Å²) in [6.45, 7) is 3.66. The number of methoxy groups -OCH3 is 2. The highest BCUT2D eigenvalue weighted by Gasteiger charge is 2.52. The zero-order chi connectivity index (χ0) is 22.0. The van der Waals surface area contributed by atoms with Crippen LogP contribution in [0.1, 0.15) is 31.2 Å². The zero-order valence-corrected chi connectivity index (χ0v) is 18.2. The highest BCUT2D eigenvalue weighted by Crippen LogP contribution is 2.47. The number of carbonyl (C=O) groups is 1. The molecule has 0 aliphatic carbocycles. The van der Waals surface area contributed by atoms with E-state index in [1.54, 1.807) is 39.2 Å². The van der Waals surface area contributed by atoms with Crippen LogP contribution in [0, 0.1) is 0 Å². The van der Waals surface area contributed by atoms with Gasteiger partial charge in [0, 0.05) is 6.42 Å². The largest absolute Gasteiger partial charge is 0.496 e. The standard InChI is InChI=1S/C24H27NO6/c1-24(2)23(26)25(22(31-24)21-18(27-3)11-8-12-19(21)28-4)17(20-14-29-15-30-20)13-16-9-6-5-7-10-16/h5-12,14,17,22H,13,15H2,1-4H3. The smallest absolute Gasteiger partial charge is 0.257 e. The highest BCUT2D eigenvalue weighted by atomic mass is 16.7. The van der Waals surface area contributed by atoms with Crippen molar-refractivity contribution in [2.24, 2.45) is 0 Å². The number of rotatable bonds is 7. The normalized spacial score (nSPS) is 20.6. The number of nitrogens with zero attached hydrogens (tertiary/aromatic N) is 1. The number of hydrogen-bond donors (Lipinski definition) is 0. The summed E-state index contributed by atoms with van der Waals surface area (Å²) in [6, 6.07) is 15.0. The van der Waals surface area contributed by atoms with Crippen molar-refractivity contribution in [3.8, 4) is 11.5 Å².